The smallest absolute Gasteiger partial charge is 0.410 e. The van der Waals surface area contributed by atoms with Gasteiger partial charge in [-0.15, -0.1) is 6.58 Å². The van der Waals surface area contributed by atoms with Gasteiger partial charge in [0.1, 0.15) is 13.2 Å². The molecule has 0 radical (unpaired) electrons. The largest absolute Gasteiger partial charge is 0.448 e. The van der Waals surface area contributed by atoms with Gasteiger partial charge in [0.2, 0.25) is 17.7 Å². The molecule has 3 heterocycles. The van der Waals surface area contributed by atoms with Crippen LogP contribution >= 0.6 is 0 Å². The molecule has 3 aliphatic rings. The molecule has 0 spiro atoms. The Labute approximate surface area is 164 Å². The average Bonchev–Trinajstić information content (AvgIpc) is 2.94. The SMILES string of the molecule is C=CCN1CC(C(=O)N2CCCN(C(=O)CN3CCOC3=O)CC2)CCC1=O. The summed E-state index contributed by atoms with van der Waals surface area (Å²) in [6, 6.07) is 0. The van der Waals surface area contributed by atoms with Gasteiger partial charge in [0.25, 0.3) is 0 Å². The van der Waals surface area contributed by atoms with E-state index >= 15 is 0 Å². The van der Waals surface area contributed by atoms with E-state index in [2.05, 4.69) is 6.58 Å². The first-order valence-corrected chi connectivity index (χ1v) is 9.86. The number of hydrogen-bond donors (Lipinski definition) is 0. The lowest BCUT2D eigenvalue weighted by Gasteiger charge is -2.34. The topological polar surface area (TPSA) is 90.5 Å². The molecule has 0 aromatic rings. The zero-order valence-electron chi connectivity index (χ0n) is 16.2. The maximum atomic E-state index is 12.9. The Kier molecular flexibility index (Phi) is 6.53. The molecule has 3 rings (SSSR count). The number of cyclic esters (lactones) is 1. The Morgan fingerprint density at radius 1 is 1.07 bits per heavy atom. The van der Waals surface area contributed by atoms with Crippen molar-refractivity contribution in [3.63, 3.8) is 0 Å². The zero-order chi connectivity index (χ0) is 20.1. The molecule has 1 atom stereocenters. The minimum Gasteiger partial charge on any atom is -0.448 e. The van der Waals surface area contributed by atoms with Crippen LogP contribution in [0.25, 0.3) is 0 Å². The Morgan fingerprint density at radius 3 is 2.54 bits per heavy atom. The number of amides is 4. The molecule has 3 fully saturated rings. The van der Waals surface area contributed by atoms with Gasteiger partial charge in [0, 0.05) is 45.7 Å². The van der Waals surface area contributed by atoms with E-state index in [-0.39, 0.29) is 30.2 Å². The molecule has 0 bridgehead atoms. The van der Waals surface area contributed by atoms with Crippen LogP contribution in [0.5, 0.6) is 0 Å². The molecular formula is C19H28N4O5. The van der Waals surface area contributed by atoms with Gasteiger partial charge < -0.3 is 19.4 Å². The summed E-state index contributed by atoms with van der Waals surface area (Å²) in [6.45, 7) is 7.43. The summed E-state index contributed by atoms with van der Waals surface area (Å²) in [5.74, 6) is -0.191. The highest BCUT2D eigenvalue weighted by molar-refractivity contribution is 5.85. The van der Waals surface area contributed by atoms with E-state index in [1.165, 1.54) is 4.90 Å². The fourth-order valence-corrected chi connectivity index (χ4v) is 3.93. The first kappa shape index (κ1) is 20.2. The molecule has 0 aromatic heterocycles. The van der Waals surface area contributed by atoms with E-state index in [1.807, 2.05) is 4.90 Å². The van der Waals surface area contributed by atoms with Gasteiger partial charge in [0.15, 0.2) is 0 Å². The molecule has 9 nitrogen and oxygen atoms in total. The third kappa shape index (κ3) is 4.63. The van der Waals surface area contributed by atoms with Crippen molar-refractivity contribution >= 4 is 23.8 Å². The van der Waals surface area contributed by atoms with Crippen LogP contribution in [0.1, 0.15) is 19.3 Å². The minimum atomic E-state index is -0.448. The summed E-state index contributed by atoms with van der Waals surface area (Å²) in [5.41, 5.74) is 0. The molecule has 0 N–H and O–H groups in total. The number of nitrogens with zero attached hydrogens (tertiary/aromatic N) is 4. The molecule has 0 saturated carbocycles. The molecule has 4 amide bonds. The van der Waals surface area contributed by atoms with Crippen LogP contribution in [0.4, 0.5) is 4.79 Å². The van der Waals surface area contributed by atoms with Crippen LogP contribution in [0, 0.1) is 5.92 Å². The molecule has 0 aliphatic carbocycles. The molecular weight excluding hydrogens is 364 g/mol. The molecule has 9 heteroatoms. The quantitative estimate of drug-likeness (QED) is 0.611. The number of carbonyl (C=O) groups excluding carboxylic acids is 4. The van der Waals surface area contributed by atoms with Gasteiger partial charge in [-0.1, -0.05) is 6.08 Å². The Hall–Kier alpha value is -2.58. The van der Waals surface area contributed by atoms with Crippen LogP contribution in [0.2, 0.25) is 0 Å². The van der Waals surface area contributed by atoms with Gasteiger partial charge in [0.05, 0.1) is 12.5 Å². The molecule has 154 valence electrons. The zero-order valence-corrected chi connectivity index (χ0v) is 16.2. The number of piperidine rings is 1. The van der Waals surface area contributed by atoms with Crippen LogP contribution in [0.3, 0.4) is 0 Å². The van der Waals surface area contributed by atoms with Crippen molar-refractivity contribution in [3.8, 4) is 0 Å². The third-order valence-electron chi connectivity index (χ3n) is 5.53. The van der Waals surface area contributed by atoms with E-state index in [0.29, 0.717) is 71.7 Å². The second-order valence-corrected chi connectivity index (χ2v) is 7.42. The van der Waals surface area contributed by atoms with Gasteiger partial charge in [-0.3, -0.25) is 19.3 Å². The van der Waals surface area contributed by atoms with Crippen molar-refractivity contribution in [3.05, 3.63) is 12.7 Å². The second kappa shape index (κ2) is 9.07. The summed E-state index contributed by atoms with van der Waals surface area (Å²) >= 11 is 0. The molecule has 1 unspecified atom stereocenters. The lowest BCUT2D eigenvalue weighted by Crippen LogP contribution is -2.48. The Bertz CT molecular complexity index is 652. The summed E-state index contributed by atoms with van der Waals surface area (Å²) in [5, 5.41) is 0. The molecule has 3 saturated heterocycles. The van der Waals surface area contributed by atoms with Crippen molar-refractivity contribution in [2.24, 2.45) is 5.92 Å². The maximum Gasteiger partial charge on any atom is 0.410 e. The van der Waals surface area contributed by atoms with E-state index in [4.69, 9.17) is 4.74 Å². The van der Waals surface area contributed by atoms with Crippen LogP contribution in [0.15, 0.2) is 12.7 Å². The molecule has 28 heavy (non-hydrogen) atoms. The maximum absolute atomic E-state index is 12.9. The molecule has 0 aromatic carbocycles. The van der Waals surface area contributed by atoms with Gasteiger partial charge in [-0.05, 0) is 12.8 Å². The minimum absolute atomic E-state index is 0.0219. The van der Waals surface area contributed by atoms with Crippen LogP contribution in [-0.2, 0) is 19.1 Å². The van der Waals surface area contributed by atoms with Crippen molar-refractivity contribution in [2.45, 2.75) is 19.3 Å². The van der Waals surface area contributed by atoms with Gasteiger partial charge in [-0.2, -0.15) is 0 Å². The fraction of sp³-hybridized carbons (Fsp3) is 0.684. The van der Waals surface area contributed by atoms with Crippen molar-refractivity contribution in [1.29, 1.82) is 0 Å². The third-order valence-corrected chi connectivity index (χ3v) is 5.53. The first-order valence-electron chi connectivity index (χ1n) is 9.86. The van der Waals surface area contributed by atoms with E-state index in [0.717, 1.165) is 0 Å². The first-order chi connectivity index (χ1) is 13.5. The van der Waals surface area contributed by atoms with E-state index in [9.17, 15) is 19.2 Å². The predicted octanol–water partition coefficient (Wildman–Crippen LogP) is -0.0759. The fourth-order valence-electron chi connectivity index (χ4n) is 3.93. The number of likely N-dealkylation sites (tertiary alicyclic amines) is 1. The monoisotopic (exact) mass is 392 g/mol. The summed E-state index contributed by atoms with van der Waals surface area (Å²) in [7, 11) is 0. The number of carbonyl (C=O) groups is 4. The highest BCUT2D eigenvalue weighted by Crippen LogP contribution is 2.21. The summed E-state index contributed by atoms with van der Waals surface area (Å²) in [6.07, 6.45) is 2.88. The van der Waals surface area contributed by atoms with Crippen molar-refractivity contribution < 1.29 is 23.9 Å². The van der Waals surface area contributed by atoms with Crippen molar-refractivity contribution in [1.82, 2.24) is 19.6 Å². The lowest BCUT2D eigenvalue weighted by molar-refractivity contribution is -0.143. The standard InChI is InChI=1S/C19H28N4O5/c1-2-6-22-13-15(4-5-16(22)24)18(26)21-8-3-7-20(9-10-21)17(25)14-23-11-12-28-19(23)27/h2,15H,1,3-14H2. The normalized spacial score (nSPS) is 23.5. The average molecular weight is 392 g/mol. The summed E-state index contributed by atoms with van der Waals surface area (Å²) in [4.78, 5) is 55.5. The number of ether oxygens (including phenoxy) is 1. The lowest BCUT2D eigenvalue weighted by atomic mass is 9.96. The number of rotatable bonds is 5. The van der Waals surface area contributed by atoms with E-state index in [1.54, 1.807) is 15.9 Å². The summed E-state index contributed by atoms with van der Waals surface area (Å²) < 4.78 is 4.86. The van der Waals surface area contributed by atoms with Crippen LogP contribution in [-0.4, -0.2) is 102 Å². The Morgan fingerprint density at radius 2 is 1.82 bits per heavy atom. The van der Waals surface area contributed by atoms with Gasteiger partial charge >= 0.3 is 6.09 Å². The molecule has 3 aliphatic heterocycles. The highest BCUT2D eigenvalue weighted by atomic mass is 16.6. The van der Waals surface area contributed by atoms with Crippen LogP contribution < -0.4 is 0 Å². The van der Waals surface area contributed by atoms with Gasteiger partial charge in [-0.25, -0.2) is 4.79 Å². The number of hydrogen-bond acceptors (Lipinski definition) is 5. The second-order valence-electron chi connectivity index (χ2n) is 7.42. The Balaban J connectivity index is 1.52. The highest BCUT2D eigenvalue weighted by Gasteiger charge is 2.33. The van der Waals surface area contributed by atoms with E-state index < -0.39 is 6.09 Å². The van der Waals surface area contributed by atoms with Crippen molar-refractivity contribution in [2.75, 3.05) is 59.0 Å². The predicted molar refractivity (Wildman–Crippen MR) is 100 cm³/mol.